The average Bonchev–Trinajstić information content (AvgIpc) is 3.18. The number of ether oxygens (including phenoxy) is 7. The highest BCUT2D eigenvalue weighted by Crippen LogP contribution is 2.39. The number of aliphatic hydroxyl groups is 12. The minimum absolute atomic E-state index is 0.793. The van der Waals surface area contributed by atoms with Gasteiger partial charge in [-0.2, -0.15) is 0 Å². The van der Waals surface area contributed by atoms with Gasteiger partial charge in [0, 0.05) is 27.2 Å². The Balaban J connectivity index is 1.85. The van der Waals surface area contributed by atoms with Crippen molar-refractivity contribution in [2.24, 2.45) is 0 Å². The van der Waals surface area contributed by atoms with Crippen molar-refractivity contribution in [1.82, 2.24) is 16.0 Å². The van der Waals surface area contributed by atoms with E-state index in [0.29, 0.717) is 0 Å². The van der Waals surface area contributed by atoms with Gasteiger partial charge in [-0.25, -0.2) is 0 Å². The number of hydrogen-bond donors (Lipinski definition) is 15. The van der Waals surface area contributed by atoms with Crippen LogP contribution in [0.25, 0.3) is 0 Å². The molecule has 4 heterocycles. The molecule has 27 heteroatoms. The van der Waals surface area contributed by atoms with Crippen LogP contribution >= 0.6 is 0 Å². The van der Waals surface area contributed by atoms with E-state index >= 15 is 0 Å². The molecule has 0 aromatic carbocycles. The Morgan fingerprint density at radius 2 is 1.18 bits per heavy atom. The number of carbonyl (C=O) groups excluding carboxylic acids is 4. The van der Waals surface area contributed by atoms with Crippen molar-refractivity contribution in [2.75, 3.05) is 26.4 Å². The third-order valence-corrected chi connectivity index (χ3v) is 10.4. The first-order chi connectivity index (χ1) is 28.1. The van der Waals surface area contributed by atoms with Gasteiger partial charge in [-0.3, -0.25) is 14.4 Å². The molecule has 0 bridgehead atoms. The molecule has 4 saturated heterocycles. The molecule has 4 aliphatic rings. The van der Waals surface area contributed by atoms with E-state index in [1.807, 2.05) is 0 Å². The maximum absolute atomic E-state index is 13.1. The van der Waals surface area contributed by atoms with Gasteiger partial charge in [-0.1, -0.05) is 0 Å². The fraction of sp³-hybridized carbons (Fsp3) is 0.879. The summed E-state index contributed by atoms with van der Waals surface area (Å²) in [5.74, 6) is -8.14. The van der Waals surface area contributed by atoms with Crippen molar-refractivity contribution in [3.05, 3.63) is 0 Å². The zero-order valence-electron chi connectivity index (χ0n) is 32.3. The minimum Gasteiger partial charge on any atom is -0.544 e. The average molecular weight is 877 g/mol. The summed E-state index contributed by atoms with van der Waals surface area (Å²) < 4.78 is 40.0. The quantitative estimate of drug-likeness (QED) is 0.0684. The fourth-order valence-electron chi connectivity index (χ4n) is 7.44. The van der Waals surface area contributed by atoms with Crippen molar-refractivity contribution in [1.29, 1.82) is 0 Å². The van der Waals surface area contributed by atoms with E-state index in [-0.39, 0.29) is 0 Å². The van der Waals surface area contributed by atoms with E-state index < -0.39 is 185 Å². The van der Waals surface area contributed by atoms with E-state index in [0.717, 1.165) is 20.8 Å². The van der Waals surface area contributed by atoms with Crippen LogP contribution in [0.15, 0.2) is 0 Å². The van der Waals surface area contributed by atoms with Gasteiger partial charge in [0.05, 0.1) is 38.6 Å². The largest absolute Gasteiger partial charge is 0.544 e. The molecule has 0 unspecified atom stereocenters. The number of carbonyl (C=O) groups is 4. The molecule has 27 nitrogen and oxygen atoms in total. The van der Waals surface area contributed by atoms with Gasteiger partial charge in [0.1, 0.15) is 97.4 Å². The van der Waals surface area contributed by atoms with Crippen LogP contribution in [0.5, 0.6) is 0 Å². The SMILES string of the molecule is CC(=O)N[C@@H]1[C@@H](O[C@@H]2O[C@H](CO)[C@H](O[C@@H]3O[C@H](CO)[C@H](O)[C@H](O)[C@H]3NC(C)=O)[C@H](O[C@]3(C(=O)[O-])C[C@H](O)[C@@H](NC(C)=O)[C@H]([C@H](O)[C@H](O)CO)O3)[C@H]2O)[C@@H](O)[C@@H](CO)O[C@@H]1O. The fourth-order valence-corrected chi connectivity index (χ4v) is 7.44. The second kappa shape index (κ2) is 21.0. The third kappa shape index (κ3) is 10.8. The number of hydrogen-bond acceptors (Lipinski definition) is 24. The van der Waals surface area contributed by atoms with Crippen LogP contribution in [-0.2, 0) is 52.3 Å². The second-order valence-electron chi connectivity index (χ2n) is 14.8. The van der Waals surface area contributed by atoms with E-state index in [2.05, 4.69) is 16.0 Å². The van der Waals surface area contributed by atoms with Gasteiger partial charge >= 0.3 is 0 Å². The first kappa shape index (κ1) is 49.8. The van der Waals surface area contributed by atoms with Crippen LogP contribution in [0.1, 0.15) is 27.2 Å². The molecule has 0 aromatic rings. The summed E-state index contributed by atoms with van der Waals surface area (Å²) in [6.45, 7) is -1.17. The van der Waals surface area contributed by atoms with Crippen LogP contribution in [0, 0.1) is 0 Å². The standard InChI is InChI=1S/C33H55N3O24/c1-9(41)34-17-12(44)4-33(32(52)53,59-27(17)20(46)13(45)5-37)60-28-24(50)31(58-26-19(36-11(3)43)29(51)54-15(7-39)22(26)48)56-16(8-40)25(28)57-30-18(35-10(2)42)23(49)21(47)14(6-38)55-30/h12-31,37-40,44-51H,4-8H2,1-3H3,(H,34,41)(H,35,42)(H,36,43)(H,52,53)/p-1/t12-,13+,14+,15+,16+,17+,18+,19+,20+,21-,22-,23+,24+,25-,26+,27+,28+,29-,30-,31-,33-/m0/s1. The van der Waals surface area contributed by atoms with Gasteiger partial charge in [-0.05, 0) is 0 Å². The molecule has 4 fully saturated rings. The molecule has 4 aliphatic heterocycles. The highest BCUT2D eigenvalue weighted by atomic mass is 16.8. The van der Waals surface area contributed by atoms with Crippen LogP contribution in [-0.4, -0.2) is 240 Å². The van der Waals surface area contributed by atoms with E-state index in [9.17, 15) is 85.6 Å². The lowest BCUT2D eigenvalue weighted by Crippen LogP contribution is -2.73. The van der Waals surface area contributed by atoms with Crippen molar-refractivity contribution in [3.63, 3.8) is 0 Å². The third-order valence-electron chi connectivity index (χ3n) is 10.4. The minimum atomic E-state index is -3.35. The van der Waals surface area contributed by atoms with E-state index in [1.165, 1.54) is 0 Å². The molecule has 21 atom stereocenters. The molecule has 0 saturated carbocycles. The van der Waals surface area contributed by atoms with Crippen molar-refractivity contribution < 1.29 is 119 Å². The highest BCUT2D eigenvalue weighted by Gasteiger charge is 2.59. The molecule has 0 radical (unpaired) electrons. The first-order valence-corrected chi connectivity index (χ1v) is 18.7. The molecule has 4 rings (SSSR count). The van der Waals surface area contributed by atoms with Crippen LogP contribution < -0.4 is 21.1 Å². The lowest BCUT2D eigenvalue weighted by Gasteiger charge is -2.53. The summed E-state index contributed by atoms with van der Waals surface area (Å²) in [6.07, 6.45) is -35.4. The molecule has 60 heavy (non-hydrogen) atoms. The summed E-state index contributed by atoms with van der Waals surface area (Å²) in [5, 5.41) is 147. The number of aliphatic hydroxyl groups excluding tert-OH is 12. The Morgan fingerprint density at radius 3 is 1.72 bits per heavy atom. The van der Waals surface area contributed by atoms with E-state index in [1.54, 1.807) is 0 Å². The summed E-state index contributed by atoms with van der Waals surface area (Å²) in [6, 6.07) is -5.07. The van der Waals surface area contributed by atoms with Crippen molar-refractivity contribution in [3.8, 4) is 0 Å². The maximum Gasteiger partial charge on any atom is 0.217 e. The molecular weight excluding hydrogens is 822 g/mol. The Labute approximate surface area is 340 Å². The normalized spacial score (nSPS) is 43.3. The van der Waals surface area contributed by atoms with Gasteiger partial charge in [0.2, 0.25) is 23.5 Å². The highest BCUT2D eigenvalue weighted by molar-refractivity contribution is 5.75. The maximum atomic E-state index is 13.1. The van der Waals surface area contributed by atoms with Crippen LogP contribution in [0.4, 0.5) is 0 Å². The Morgan fingerprint density at radius 1 is 0.667 bits per heavy atom. The Hall–Kier alpha value is -2.88. The summed E-state index contributed by atoms with van der Waals surface area (Å²) in [4.78, 5) is 49.5. The van der Waals surface area contributed by atoms with Gasteiger partial charge in [0.25, 0.3) is 0 Å². The Kier molecular flexibility index (Phi) is 17.4. The van der Waals surface area contributed by atoms with Crippen molar-refractivity contribution in [2.45, 2.75) is 155 Å². The number of amides is 3. The number of nitrogens with one attached hydrogen (secondary N) is 3. The van der Waals surface area contributed by atoms with Gasteiger partial charge in [-0.15, -0.1) is 0 Å². The predicted molar refractivity (Wildman–Crippen MR) is 183 cm³/mol. The topological polar surface area (TPSA) is 435 Å². The zero-order chi connectivity index (χ0) is 45.0. The Bertz CT molecular complexity index is 1470. The summed E-state index contributed by atoms with van der Waals surface area (Å²) in [7, 11) is 0. The van der Waals surface area contributed by atoms with Crippen molar-refractivity contribution >= 4 is 23.7 Å². The van der Waals surface area contributed by atoms with Gasteiger partial charge in [0.15, 0.2) is 18.9 Å². The molecule has 15 N–H and O–H groups in total. The smallest absolute Gasteiger partial charge is 0.217 e. The molecule has 3 amide bonds. The van der Waals surface area contributed by atoms with Crippen LogP contribution in [0.2, 0.25) is 0 Å². The number of carboxylic acid groups (broad SMARTS) is 1. The summed E-state index contributed by atoms with van der Waals surface area (Å²) in [5.41, 5.74) is 0. The molecule has 0 aromatic heterocycles. The molecule has 346 valence electrons. The molecule has 0 spiro atoms. The van der Waals surface area contributed by atoms with E-state index in [4.69, 9.17) is 33.2 Å². The monoisotopic (exact) mass is 876 g/mol. The number of aliphatic carboxylic acids is 1. The second-order valence-corrected chi connectivity index (χ2v) is 14.8. The predicted octanol–water partition coefficient (Wildman–Crippen LogP) is -11.4. The molecular formula is C33H54N3O24-. The molecule has 0 aliphatic carbocycles. The summed E-state index contributed by atoms with van der Waals surface area (Å²) >= 11 is 0. The van der Waals surface area contributed by atoms with Gasteiger partial charge < -0.3 is 120 Å². The lowest BCUT2D eigenvalue weighted by atomic mass is 9.88. The first-order valence-electron chi connectivity index (χ1n) is 18.7. The number of rotatable bonds is 16. The lowest BCUT2D eigenvalue weighted by molar-refractivity contribution is -0.418. The van der Waals surface area contributed by atoms with Crippen LogP contribution in [0.3, 0.4) is 0 Å². The zero-order valence-corrected chi connectivity index (χ0v) is 32.3. The number of carboxylic acids is 1.